The van der Waals surface area contributed by atoms with Gasteiger partial charge < -0.3 is 10.2 Å². The lowest BCUT2D eigenvalue weighted by Gasteiger charge is -2.33. The first-order valence-electron chi connectivity index (χ1n) is 7.57. The van der Waals surface area contributed by atoms with E-state index in [0.717, 1.165) is 25.9 Å². The summed E-state index contributed by atoms with van der Waals surface area (Å²) in [5.41, 5.74) is 5.95. The Morgan fingerprint density at radius 3 is 2.86 bits per heavy atom. The molecule has 1 aromatic heterocycles. The second kappa shape index (κ2) is 7.00. The second-order valence-corrected chi connectivity index (χ2v) is 6.14. The first-order chi connectivity index (χ1) is 9.95. The molecule has 3 N–H and O–H groups in total. The maximum Gasteiger partial charge on any atom is 0.322 e. The largest absolute Gasteiger partial charge is 0.408 e. The number of nitrogens with zero attached hydrogens (tertiary/aromatic N) is 3. The van der Waals surface area contributed by atoms with Crippen LogP contribution in [0.5, 0.6) is 0 Å². The minimum absolute atomic E-state index is 0.126. The molecule has 0 aromatic carbocycles. The van der Waals surface area contributed by atoms with E-state index in [1.54, 1.807) is 0 Å². The monoisotopic (exact) mass is 295 g/mol. The number of likely N-dealkylation sites (tertiary alicyclic amines) is 1. The van der Waals surface area contributed by atoms with Crippen LogP contribution in [-0.2, 0) is 4.79 Å². The van der Waals surface area contributed by atoms with Crippen LogP contribution in [0.1, 0.15) is 45.4 Å². The standard InChI is InChI=1S/C14H25N5O2/c1-9(2)13-17-18-14(21-13)16-12(20)8-19-6-4-5-11(7-19)10(3)15/h9-11H,4-8,15H2,1-3H3,(H,16,18,20). The van der Waals surface area contributed by atoms with Crippen LogP contribution in [0.3, 0.4) is 0 Å². The summed E-state index contributed by atoms with van der Waals surface area (Å²) in [5.74, 6) is 1.01. The van der Waals surface area contributed by atoms with Crippen molar-refractivity contribution in [3.05, 3.63) is 5.89 Å². The van der Waals surface area contributed by atoms with Gasteiger partial charge in [0.15, 0.2) is 0 Å². The number of hydrogen-bond acceptors (Lipinski definition) is 6. The summed E-state index contributed by atoms with van der Waals surface area (Å²) in [4.78, 5) is 14.2. The summed E-state index contributed by atoms with van der Waals surface area (Å²) in [6, 6.07) is 0.338. The van der Waals surface area contributed by atoms with Gasteiger partial charge in [0, 0.05) is 18.5 Å². The van der Waals surface area contributed by atoms with Crippen LogP contribution >= 0.6 is 0 Å². The average Bonchev–Trinajstić information content (AvgIpc) is 2.87. The zero-order valence-corrected chi connectivity index (χ0v) is 13.0. The zero-order chi connectivity index (χ0) is 15.4. The average molecular weight is 295 g/mol. The third kappa shape index (κ3) is 4.50. The molecule has 0 bridgehead atoms. The van der Waals surface area contributed by atoms with Gasteiger partial charge >= 0.3 is 6.01 Å². The molecule has 7 nitrogen and oxygen atoms in total. The van der Waals surface area contributed by atoms with Crippen molar-refractivity contribution in [1.82, 2.24) is 15.1 Å². The fraction of sp³-hybridized carbons (Fsp3) is 0.786. The fourth-order valence-electron chi connectivity index (χ4n) is 2.54. The molecule has 118 valence electrons. The van der Waals surface area contributed by atoms with Gasteiger partial charge in [0.25, 0.3) is 0 Å². The van der Waals surface area contributed by atoms with Gasteiger partial charge in [0.1, 0.15) is 0 Å². The van der Waals surface area contributed by atoms with E-state index in [4.69, 9.17) is 10.2 Å². The molecule has 2 rings (SSSR count). The minimum Gasteiger partial charge on any atom is -0.408 e. The molecule has 0 saturated carbocycles. The van der Waals surface area contributed by atoms with E-state index in [2.05, 4.69) is 20.4 Å². The number of aromatic nitrogens is 2. The quantitative estimate of drug-likeness (QED) is 0.847. The van der Waals surface area contributed by atoms with E-state index >= 15 is 0 Å². The Bertz CT molecular complexity index is 472. The van der Waals surface area contributed by atoms with E-state index in [-0.39, 0.29) is 23.9 Å². The molecule has 2 unspecified atom stereocenters. The molecule has 1 aliphatic heterocycles. The maximum atomic E-state index is 12.0. The van der Waals surface area contributed by atoms with Crippen LogP contribution in [0.2, 0.25) is 0 Å². The van der Waals surface area contributed by atoms with E-state index in [9.17, 15) is 4.79 Å². The summed E-state index contributed by atoms with van der Waals surface area (Å²) in [6.07, 6.45) is 2.22. The fourth-order valence-corrected chi connectivity index (χ4v) is 2.54. The molecular weight excluding hydrogens is 270 g/mol. The predicted octanol–water partition coefficient (Wildman–Crippen LogP) is 1.19. The van der Waals surface area contributed by atoms with Gasteiger partial charge in [-0.1, -0.05) is 18.9 Å². The number of nitrogens with two attached hydrogens (primary N) is 1. The van der Waals surface area contributed by atoms with Crippen LogP contribution in [0.25, 0.3) is 0 Å². The molecule has 1 fully saturated rings. The number of anilines is 1. The van der Waals surface area contributed by atoms with E-state index in [1.165, 1.54) is 0 Å². The normalized spacial score (nSPS) is 21.5. The Morgan fingerprint density at radius 1 is 1.48 bits per heavy atom. The number of rotatable bonds is 5. The summed E-state index contributed by atoms with van der Waals surface area (Å²) in [6.45, 7) is 8.08. The Kier molecular flexibility index (Phi) is 5.30. The van der Waals surface area contributed by atoms with Gasteiger partial charge in [-0.3, -0.25) is 15.0 Å². The number of nitrogens with one attached hydrogen (secondary N) is 1. The van der Waals surface area contributed by atoms with E-state index in [0.29, 0.717) is 18.4 Å². The van der Waals surface area contributed by atoms with Crippen LogP contribution < -0.4 is 11.1 Å². The lowest BCUT2D eigenvalue weighted by Crippen LogP contribution is -2.45. The molecule has 1 aliphatic rings. The van der Waals surface area contributed by atoms with Crippen molar-refractivity contribution in [1.29, 1.82) is 0 Å². The second-order valence-electron chi connectivity index (χ2n) is 6.14. The molecule has 2 heterocycles. The molecule has 1 amide bonds. The highest BCUT2D eigenvalue weighted by Crippen LogP contribution is 2.19. The molecule has 1 saturated heterocycles. The van der Waals surface area contributed by atoms with Crippen LogP contribution in [0.4, 0.5) is 6.01 Å². The third-order valence-electron chi connectivity index (χ3n) is 3.83. The summed E-state index contributed by atoms with van der Waals surface area (Å²) >= 11 is 0. The zero-order valence-electron chi connectivity index (χ0n) is 13.0. The maximum absolute atomic E-state index is 12.0. The van der Waals surface area contributed by atoms with Gasteiger partial charge in [0.2, 0.25) is 11.8 Å². The van der Waals surface area contributed by atoms with Gasteiger partial charge in [-0.05, 0) is 32.2 Å². The van der Waals surface area contributed by atoms with E-state index in [1.807, 2.05) is 20.8 Å². The SMILES string of the molecule is CC(C)c1nnc(NC(=O)CN2CCCC(C(C)N)C2)o1. The molecule has 2 atom stereocenters. The highest BCUT2D eigenvalue weighted by atomic mass is 16.4. The van der Waals surface area contributed by atoms with Crippen LogP contribution in [0.15, 0.2) is 4.42 Å². The lowest BCUT2D eigenvalue weighted by atomic mass is 9.92. The summed E-state index contributed by atoms with van der Waals surface area (Å²) < 4.78 is 5.37. The molecule has 0 spiro atoms. The Hall–Kier alpha value is -1.47. The summed E-state index contributed by atoms with van der Waals surface area (Å²) in [7, 11) is 0. The van der Waals surface area contributed by atoms with Crippen LogP contribution in [-0.4, -0.2) is 46.7 Å². The Morgan fingerprint density at radius 2 is 2.24 bits per heavy atom. The molecule has 7 heteroatoms. The minimum atomic E-state index is -0.126. The smallest absolute Gasteiger partial charge is 0.322 e. The van der Waals surface area contributed by atoms with E-state index < -0.39 is 0 Å². The lowest BCUT2D eigenvalue weighted by molar-refractivity contribution is -0.117. The summed E-state index contributed by atoms with van der Waals surface area (Å²) in [5, 5.41) is 10.4. The molecule has 0 aliphatic carbocycles. The topological polar surface area (TPSA) is 97.3 Å². The first kappa shape index (κ1) is 15.9. The Balaban J connectivity index is 1.83. The number of amides is 1. The molecular formula is C14H25N5O2. The number of hydrogen-bond donors (Lipinski definition) is 2. The van der Waals surface area contributed by atoms with Crippen molar-refractivity contribution >= 4 is 11.9 Å². The van der Waals surface area contributed by atoms with Gasteiger partial charge in [0.05, 0.1) is 6.54 Å². The number of piperidine rings is 1. The first-order valence-corrected chi connectivity index (χ1v) is 7.57. The molecule has 0 radical (unpaired) electrons. The number of carbonyl (C=O) groups is 1. The number of carbonyl (C=O) groups excluding carboxylic acids is 1. The van der Waals surface area contributed by atoms with Crippen molar-refractivity contribution < 1.29 is 9.21 Å². The van der Waals surface area contributed by atoms with Gasteiger partial charge in [-0.25, -0.2) is 0 Å². The van der Waals surface area contributed by atoms with Crippen LogP contribution in [0, 0.1) is 5.92 Å². The van der Waals surface area contributed by atoms with Crippen molar-refractivity contribution in [2.45, 2.75) is 45.6 Å². The van der Waals surface area contributed by atoms with Crippen molar-refractivity contribution in [3.63, 3.8) is 0 Å². The third-order valence-corrected chi connectivity index (χ3v) is 3.83. The predicted molar refractivity (Wildman–Crippen MR) is 79.8 cm³/mol. The van der Waals surface area contributed by atoms with Gasteiger partial charge in [-0.2, -0.15) is 0 Å². The highest BCUT2D eigenvalue weighted by molar-refractivity contribution is 5.90. The van der Waals surface area contributed by atoms with Gasteiger partial charge in [-0.15, -0.1) is 5.10 Å². The van der Waals surface area contributed by atoms with Crippen molar-refractivity contribution in [2.75, 3.05) is 25.0 Å². The van der Waals surface area contributed by atoms with Crippen molar-refractivity contribution in [3.8, 4) is 0 Å². The Labute approximate surface area is 125 Å². The van der Waals surface area contributed by atoms with Crippen molar-refractivity contribution in [2.24, 2.45) is 11.7 Å². The highest BCUT2D eigenvalue weighted by Gasteiger charge is 2.24. The molecule has 1 aromatic rings. The molecule has 21 heavy (non-hydrogen) atoms.